The molecule has 0 bridgehead atoms. The molecule has 3 aromatic rings. The molecule has 0 N–H and O–H groups in total. The number of hydrogen-bond donors (Lipinski definition) is 0. The number of fused-ring (bicyclic) bond motifs is 1. The SMILES string of the molecule is CN1CCN(Cc2cnn(-c3ccc(Cl)cc3)c2)c2ccccc2C1. The lowest BCUT2D eigenvalue weighted by Crippen LogP contribution is -2.29. The van der Waals surface area contributed by atoms with Crippen molar-refractivity contribution >= 4 is 17.3 Å². The summed E-state index contributed by atoms with van der Waals surface area (Å²) >= 11 is 5.97. The summed E-state index contributed by atoms with van der Waals surface area (Å²) in [5.74, 6) is 0. The van der Waals surface area contributed by atoms with Crippen molar-refractivity contribution < 1.29 is 0 Å². The molecule has 1 aliphatic rings. The van der Waals surface area contributed by atoms with E-state index in [1.807, 2.05) is 35.1 Å². The van der Waals surface area contributed by atoms with Crippen LogP contribution < -0.4 is 4.90 Å². The van der Waals surface area contributed by atoms with Crippen molar-refractivity contribution in [3.8, 4) is 5.69 Å². The van der Waals surface area contributed by atoms with Crippen LogP contribution in [0.5, 0.6) is 0 Å². The minimum Gasteiger partial charge on any atom is -0.366 e. The lowest BCUT2D eigenvalue weighted by Gasteiger charge is -2.24. The van der Waals surface area contributed by atoms with Crippen molar-refractivity contribution in [2.24, 2.45) is 0 Å². The Bertz CT molecular complexity index is 856. The summed E-state index contributed by atoms with van der Waals surface area (Å²) in [6.45, 7) is 3.93. The summed E-state index contributed by atoms with van der Waals surface area (Å²) in [7, 11) is 2.18. The van der Waals surface area contributed by atoms with Crippen LogP contribution >= 0.6 is 11.6 Å². The first-order valence-electron chi connectivity index (χ1n) is 8.50. The smallest absolute Gasteiger partial charge is 0.0646 e. The fourth-order valence-electron chi connectivity index (χ4n) is 3.30. The highest BCUT2D eigenvalue weighted by atomic mass is 35.5. The van der Waals surface area contributed by atoms with Crippen LogP contribution in [0.4, 0.5) is 5.69 Å². The van der Waals surface area contributed by atoms with Gasteiger partial charge in [-0.3, -0.25) is 0 Å². The number of likely N-dealkylation sites (N-methyl/N-ethyl adjacent to an activating group) is 1. The number of nitrogens with zero attached hydrogens (tertiary/aromatic N) is 4. The van der Waals surface area contributed by atoms with Gasteiger partial charge >= 0.3 is 0 Å². The zero-order chi connectivity index (χ0) is 17.2. The lowest BCUT2D eigenvalue weighted by atomic mass is 10.1. The van der Waals surface area contributed by atoms with Crippen LogP contribution in [0, 0.1) is 0 Å². The Balaban J connectivity index is 1.57. The second kappa shape index (κ2) is 6.90. The molecule has 0 amide bonds. The van der Waals surface area contributed by atoms with E-state index in [-0.39, 0.29) is 0 Å². The molecule has 5 heteroatoms. The maximum atomic E-state index is 5.97. The number of para-hydroxylation sites is 1. The fourth-order valence-corrected chi connectivity index (χ4v) is 3.42. The molecule has 0 saturated heterocycles. The monoisotopic (exact) mass is 352 g/mol. The summed E-state index contributed by atoms with van der Waals surface area (Å²) in [5, 5.41) is 5.25. The zero-order valence-corrected chi connectivity index (χ0v) is 15.0. The summed E-state index contributed by atoms with van der Waals surface area (Å²) in [5.41, 5.74) is 4.93. The molecule has 0 fully saturated rings. The molecule has 2 aromatic carbocycles. The van der Waals surface area contributed by atoms with Gasteiger partial charge in [0.15, 0.2) is 0 Å². The van der Waals surface area contributed by atoms with E-state index in [0.717, 1.165) is 36.9 Å². The van der Waals surface area contributed by atoms with Crippen molar-refractivity contribution in [3.05, 3.63) is 77.1 Å². The molecule has 0 aliphatic carbocycles. The summed E-state index contributed by atoms with van der Waals surface area (Å²) in [4.78, 5) is 4.82. The number of hydrogen-bond acceptors (Lipinski definition) is 3. The largest absolute Gasteiger partial charge is 0.366 e. The molecule has 4 rings (SSSR count). The minimum absolute atomic E-state index is 0.737. The Labute approximate surface area is 153 Å². The van der Waals surface area contributed by atoms with Crippen molar-refractivity contribution in [1.29, 1.82) is 0 Å². The van der Waals surface area contributed by atoms with Crippen LogP contribution in [-0.2, 0) is 13.1 Å². The summed E-state index contributed by atoms with van der Waals surface area (Å²) in [6.07, 6.45) is 4.05. The van der Waals surface area contributed by atoms with Gasteiger partial charge in [-0.05, 0) is 42.9 Å². The second-order valence-electron chi connectivity index (χ2n) is 6.56. The third-order valence-electron chi connectivity index (χ3n) is 4.62. The van der Waals surface area contributed by atoms with Gasteiger partial charge in [0.2, 0.25) is 0 Å². The van der Waals surface area contributed by atoms with Gasteiger partial charge in [-0.15, -0.1) is 0 Å². The van der Waals surface area contributed by atoms with Gasteiger partial charge in [-0.1, -0.05) is 29.8 Å². The molecule has 128 valence electrons. The first kappa shape index (κ1) is 16.2. The number of rotatable bonds is 3. The fraction of sp³-hybridized carbons (Fsp3) is 0.250. The molecule has 0 unspecified atom stereocenters. The third kappa shape index (κ3) is 3.55. The number of anilines is 1. The second-order valence-corrected chi connectivity index (χ2v) is 6.99. The highest BCUT2D eigenvalue weighted by molar-refractivity contribution is 6.30. The normalized spacial score (nSPS) is 15.0. The van der Waals surface area contributed by atoms with Crippen molar-refractivity contribution in [1.82, 2.24) is 14.7 Å². The summed E-state index contributed by atoms with van der Waals surface area (Å²) in [6, 6.07) is 16.4. The quantitative estimate of drug-likeness (QED) is 0.712. The van der Waals surface area contributed by atoms with Gasteiger partial charge in [0.25, 0.3) is 0 Å². The first-order valence-corrected chi connectivity index (χ1v) is 8.88. The van der Waals surface area contributed by atoms with E-state index >= 15 is 0 Å². The van der Waals surface area contributed by atoms with Crippen LogP contribution in [0.3, 0.4) is 0 Å². The Morgan fingerprint density at radius 1 is 1.04 bits per heavy atom. The topological polar surface area (TPSA) is 24.3 Å². The standard InChI is InChI=1S/C20H21ClN4/c1-23-10-11-24(20-5-3-2-4-17(20)15-23)13-16-12-22-25(14-16)19-8-6-18(21)7-9-19/h2-9,12,14H,10-11,13,15H2,1H3. The number of aromatic nitrogens is 2. The summed E-state index contributed by atoms with van der Waals surface area (Å²) < 4.78 is 1.90. The highest BCUT2D eigenvalue weighted by Gasteiger charge is 2.18. The highest BCUT2D eigenvalue weighted by Crippen LogP contribution is 2.26. The first-order chi connectivity index (χ1) is 12.2. The van der Waals surface area contributed by atoms with E-state index in [1.165, 1.54) is 16.8 Å². The van der Waals surface area contributed by atoms with E-state index in [0.29, 0.717) is 0 Å². The Morgan fingerprint density at radius 2 is 1.84 bits per heavy atom. The van der Waals surface area contributed by atoms with Gasteiger partial charge in [0.05, 0.1) is 11.9 Å². The maximum absolute atomic E-state index is 5.97. The van der Waals surface area contributed by atoms with Crippen LogP contribution in [0.25, 0.3) is 5.69 Å². The van der Waals surface area contributed by atoms with Gasteiger partial charge in [-0.25, -0.2) is 4.68 Å². The van der Waals surface area contributed by atoms with E-state index < -0.39 is 0 Å². The molecule has 0 radical (unpaired) electrons. The van der Waals surface area contributed by atoms with E-state index in [1.54, 1.807) is 0 Å². The molecule has 0 saturated carbocycles. The number of benzene rings is 2. The molecule has 25 heavy (non-hydrogen) atoms. The third-order valence-corrected chi connectivity index (χ3v) is 4.88. The Morgan fingerprint density at radius 3 is 2.68 bits per heavy atom. The van der Waals surface area contributed by atoms with Gasteiger partial charge in [0.1, 0.15) is 0 Å². The minimum atomic E-state index is 0.737. The van der Waals surface area contributed by atoms with E-state index in [2.05, 4.69) is 52.4 Å². The molecular formula is C20H21ClN4. The lowest BCUT2D eigenvalue weighted by molar-refractivity contribution is 0.341. The van der Waals surface area contributed by atoms with Crippen molar-refractivity contribution in [2.45, 2.75) is 13.1 Å². The van der Waals surface area contributed by atoms with Gasteiger partial charge < -0.3 is 9.80 Å². The van der Waals surface area contributed by atoms with Gasteiger partial charge in [-0.2, -0.15) is 5.10 Å². The van der Waals surface area contributed by atoms with Crippen LogP contribution in [0.1, 0.15) is 11.1 Å². The number of halogens is 1. The van der Waals surface area contributed by atoms with E-state index in [4.69, 9.17) is 11.6 Å². The molecule has 0 atom stereocenters. The molecule has 1 aromatic heterocycles. The average Bonchev–Trinajstić information content (AvgIpc) is 3.02. The van der Waals surface area contributed by atoms with Crippen molar-refractivity contribution in [2.75, 3.05) is 25.0 Å². The van der Waals surface area contributed by atoms with Crippen molar-refractivity contribution in [3.63, 3.8) is 0 Å². The molecule has 4 nitrogen and oxygen atoms in total. The average molecular weight is 353 g/mol. The predicted octanol–water partition coefficient (Wildman–Crippen LogP) is 3.98. The maximum Gasteiger partial charge on any atom is 0.0646 e. The van der Waals surface area contributed by atoms with Crippen LogP contribution in [0.15, 0.2) is 60.9 Å². The van der Waals surface area contributed by atoms with Crippen LogP contribution in [-0.4, -0.2) is 34.8 Å². The molecule has 0 spiro atoms. The van der Waals surface area contributed by atoms with E-state index in [9.17, 15) is 0 Å². The predicted molar refractivity (Wildman–Crippen MR) is 102 cm³/mol. The van der Waals surface area contributed by atoms with Gasteiger partial charge in [0, 0.05) is 48.6 Å². The molecule has 2 heterocycles. The van der Waals surface area contributed by atoms with Crippen LogP contribution in [0.2, 0.25) is 5.02 Å². The Kier molecular flexibility index (Phi) is 4.47. The Hall–Kier alpha value is -2.30. The molecule has 1 aliphatic heterocycles. The molecular weight excluding hydrogens is 332 g/mol. The zero-order valence-electron chi connectivity index (χ0n) is 14.3.